The maximum Gasteiger partial charge on any atom is 0.416 e. The predicted octanol–water partition coefficient (Wildman–Crippen LogP) is 5.01. The third-order valence-corrected chi connectivity index (χ3v) is 7.33. The van der Waals surface area contributed by atoms with Crippen LogP contribution in [0.1, 0.15) is 5.56 Å². The van der Waals surface area contributed by atoms with E-state index in [0.717, 1.165) is 16.4 Å². The highest BCUT2D eigenvalue weighted by atomic mass is 79.9. The number of rotatable bonds is 6. The number of para-hydroxylation sites is 1. The lowest BCUT2D eigenvalue weighted by atomic mass is 10.2. The molecule has 0 bridgehead atoms. The summed E-state index contributed by atoms with van der Waals surface area (Å²) in [4.78, 5) is 12.2. The topological polar surface area (TPSA) is 111 Å². The van der Waals surface area contributed by atoms with Crippen molar-refractivity contribution in [2.45, 2.75) is 11.1 Å². The van der Waals surface area contributed by atoms with E-state index in [4.69, 9.17) is 8.60 Å². The second kappa shape index (κ2) is 9.59. The van der Waals surface area contributed by atoms with E-state index in [2.05, 4.69) is 15.9 Å². The molecule has 0 radical (unpaired) electrons. The van der Waals surface area contributed by atoms with Crippen LogP contribution in [0, 0.1) is 0 Å². The summed E-state index contributed by atoms with van der Waals surface area (Å²) in [6.45, 7) is 0. The predicted molar refractivity (Wildman–Crippen MR) is 128 cm³/mol. The van der Waals surface area contributed by atoms with Gasteiger partial charge in [0, 0.05) is 9.86 Å². The Kier molecular flexibility index (Phi) is 6.86. The summed E-state index contributed by atoms with van der Waals surface area (Å²) in [6.07, 6.45) is -4.65. The van der Waals surface area contributed by atoms with Crippen molar-refractivity contribution in [3.05, 3.63) is 93.3 Å². The lowest BCUT2D eigenvalue weighted by Gasteiger charge is -2.17. The van der Waals surface area contributed by atoms with Crippen molar-refractivity contribution >= 4 is 59.3 Å². The molecular formula is C22H13BrF3NO7S2. The number of fused-ring (bicyclic) bond motifs is 1. The molecule has 0 atom stereocenters. The highest BCUT2D eigenvalue weighted by molar-refractivity contribution is 9.10. The first-order valence-electron chi connectivity index (χ1n) is 9.75. The van der Waals surface area contributed by atoms with E-state index in [0.29, 0.717) is 16.6 Å². The van der Waals surface area contributed by atoms with Crippen molar-refractivity contribution in [1.29, 1.82) is 0 Å². The molecule has 0 N–H and O–H groups in total. The molecule has 0 saturated heterocycles. The van der Waals surface area contributed by atoms with Crippen LogP contribution in [0.25, 0.3) is 11.0 Å². The van der Waals surface area contributed by atoms with Crippen LogP contribution in [-0.4, -0.2) is 16.8 Å². The maximum absolute atomic E-state index is 12.8. The van der Waals surface area contributed by atoms with Crippen LogP contribution in [0.3, 0.4) is 0 Å². The first kappa shape index (κ1) is 25.7. The Balaban J connectivity index is 1.76. The molecule has 0 aliphatic carbocycles. The molecule has 0 fully saturated rings. The fourth-order valence-corrected chi connectivity index (χ4v) is 5.17. The van der Waals surface area contributed by atoms with Crippen molar-refractivity contribution in [3.63, 3.8) is 0 Å². The monoisotopic (exact) mass is 603 g/mol. The summed E-state index contributed by atoms with van der Waals surface area (Å²) in [5, 5.41) is 0.126. The van der Waals surface area contributed by atoms with Crippen LogP contribution >= 0.6 is 15.9 Å². The van der Waals surface area contributed by atoms with Gasteiger partial charge in [-0.05, 0) is 54.6 Å². The van der Waals surface area contributed by atoms with Crippen molar-refractivity contribution in [1.82, 2.24) is 0 Å². The van der Waals surface area contributed by atoms with Gasteiger partial charge in [-0.15, -0.1) is 0 Å². The lowest BCUT2D eigenvalue weighted by Crippen LogP contribution is -2.21. The molecule has 36 heavy (non-hydrogen) atoms. The molecule has 4 aromatic rings. The summed E-state index contributed by atoms with van der Waals surface area (Å²) in [7, 11) is -7.94. The van der Waals surface area contributed by atoms with E-state index in [9.17, 15) is 34.8 Å². The van der Waals surface area contributed by atoms with Crippen molar-refractivity contribution in [2.75, 3.05) is 4.31 Å². The van der Waals surface area contributed by atoms with Crippen LogP contribution in [0.15, 0.2) is 91.4 Å². The Hall–Kier alpha value is -3.36. The summed E-state index contributed by atoms with van der Waals surface area (Å²) < 4.78 is 99.2. The summed E-state index contributed by atoms with van der Waals surface area (Å²) in [6, 6.07) is 13.9. The van der Waals surface area contributed by atoms with E-state index >= 15 is 0 Å². The largest absolute Gasteiger partial charge is 0.417 e. The Morgan fingerprint density at radius 3 is 2.22 bits per heavy atom. The highest BCUT2D eigenvalue weighted by Gasteiger charge is 2.31. The number of anilines is 2. The quantitative estimate of drug-likeness (QED) is 0.187. The van der Waals surface area contributed by atoms with Gasteiger partial charge in [0.05, 0.1) is 11.3 Å². The van der Waals surface area contributed by atoms with Crippen molar-refractivity contribution < 1.29 is 38.6 Å². The molecule has 3 aromatic carbocycles. The lowest BCUT2D eigenvalue weighted by molar-refractivity contribution is -0.137. The van der Waals surface area contributed by atoms with Crippen molar-refractivity contribution in [3.8, 4) is 5.75 Å². The van der Waals surface area contributed by atoms with Gasteiger partial charge in [0.25, 0.3) is 0 Å². The van der Waals surface area contributed by atoms with Gasteiger partial charge in [-0.2, -0.15) is 21.6 Å². The third-order valence-electron chi connectivity index (χ3n) is 4.82. The molecule has 0 saturated carbocycles. The number of nitrogens with zero attached hydrogens (tertiary/aromatic N) is 1. The number of hydrogen-bond donors (Lipinski definition) is 1. The van der Waals surface area contributed by atoms with Crippen molar-refractivity contribution in [2.24, 2.45) is 0 Å². The minimum absolute atomic E-state index is 0.126. The Bertz CT molecular complexity index is 1690. The van der Waals surface area contributed by atoms with Gasteiger partial charge in [0.2, 0.25) is 10.9 Å². The second-order valence-corrected chi connectivity index (χ2v) is 10.5. The van der Waals surface area contributed by atoms with Crippen LogP contribution in [-0.2, 0) is 27.2 Å². The minimum Gasteiger partial charge on any atom is -0.417 e. The average Bonchev–Trinajstić information content (AvgIpc) is 2.79. The summed E-state index contributed by atoms with van der Waals surface area (Å²) in [5.41, 5.74) is -2.68. The van der Waals surface area contributed by atoms with Crippen LogP contribution < -0.4 is 14.1 Å². The van der Waals surface area contributed by atoms with Gasteiger partial charge in [-0.25, -0.2) is 17.5 Å². The van der Waals surface area contributed by atoms with E-state index in [1.165, 1.54) is 36.4 Å². The molecule has 4 rings (SSSR count). The van der Waals surface area contributed by atoms with E-state index < -0.39 is 49.0 Å². The van der Waals surface area contributed by atoms with E-state index in [-0.39, 0.29) is 22.3 Å². The maximum atomic E-state index is 12.8. The Morgan fingerprint density at radius 2 is 1.61 bits per heavy atom. The molecule has 0 unspecified atom stereocenters. The number of thiol groups is 1. The normalized spacial score (nSPS) is 12.1. The first-order chi connectivity index (χ1) is 16.9. The zero-order valence-electron chi connectivity index (χ0n) is 17.6. The summed E-state index contributed by atoms with van der Waals surface area (Å²) in [5.74, 6) is -0.420. The van der Waals surface area contributed by atoms with Gasteiger partial charge in [0.15, 0.2) is 11.3 Å². The first-order valence-corrected chi connectivity index (χ1v) is 13.1. The molecule has 1 aromatic heterocycles. The molecule has 0 aliphatic rings. The number of halogens is 4. The van der Waals surface area contributed by atoms with Gasteiger partial charge in [0.1, 0.15) is 10.6 Å². The molecule has 8 nitrogen and oxygen atoms in total. The van der Waals surface area contributed by atoms with E-state index in [1.54, 1.807) is 12.1 Å². The van der Waals surface area contributed by atoms with Gasteiger partial charge < -0.3 is 8.60 Å². The molecule has 1 heterocycles. The molecule has 0 amide bonds. The number of benzene rings is 3. The second-order valence-electron chi connectivity index (χ2n) is 7.18. The molecule has 0 spiro atoms. The third kappa shape index (κ3) is 5.24. The molecule has 0 aliphatic heterocycles. The zero-order chi connectivity index (χ0) is 26.3. The van der Waals surface area contributed by atoms with Gasteiger partial charge in [-0.1, -0.05) is 34.1 Å². The fourth-order valence-electron chi connectivity index (χ4n) is 3.23. The van der Waals surface area contributed by atoms with E-state index in [1.807, 2.05) is 0 Å². The molecule has 188 valence electrons. The average molecular weight is 604 g/mol. The minimum atomic E-state index is -4.65. The standard InChI is InChI=1S/C22H13BrF3NO7S2/c23-15-4-2-5-16(12-15)27(35(29)30)18-11-13-3-1-6-19(20(13)33-21(18)28)34-36(31,32)17-9-7-14(8-10-17)22(24,25)26/h1-12,35H. The fraction of sp³-hybridized carbons (Fsp3) is 0.0455. The number of hydrogen-bond acceptors (Lipinski definition) is 7. The Morgan fingerprint density at radius 1 is 0.944 bits per heavy atom. The Labute approximate surface area is 211 Å². The molecular weight excluding hydrogens is 591 g/mol. The highest BCUT2D eigenvalue weighted by Crippen LogP contribution is 2.33. The van der Waals surface area contributed by atoms with Crippen LogP contribution in [0.4, 0.5) is 24.5 Å². The summed E-state index contributed by atoms with van der Waals surface area (Å²) >= 11 is 3.23. The smallest absolute Gasteiger partial charge is 0.416 e. The van der Waals surface area contributed by atoms with Crippen LogP contribution in [0.5, 0.6) is 5.75 Å². The molecule has 14 heteroatoms. The number of alkyl halides is 3. The SMILES string of the molecule is O=c1oc2c(OS(=O)(=O)c3ccc(C(F)(F)F)cc3)cccc2cc1N(c1cccc(Br)c1)[SH](=O)=O. The van der Waals surface area contributed by atoms with Gasteiger partial charge in [-0.3, -0.25) is 0 Å². The van der Waals surface area contributed by atoms with Crippen LogP contribution in [0.2, 0.25) is 0 Å². The van der Waals surface area contributed by atoms with Gasteiger partial charge >= 0.3 is 21.9 Å². The zero-order valence-corrected chi connectivity index (χ0v) is 20.9.